The molecule has 0 saturated carbocycles. The van der Waals surface area contributed by atoms with Gasteiger partial charge in [0.2, 0.25) is 5.91 Å². The lowest BCUT2D eigenvalue weighted by Crippen LogP contribution is -2.21. The molecule has 1 N–H and O–H groups in total. The monoisotopic (exact) mass is 117 g/mol. The fourth-order valence-corrected chi connectivity index (χ4v) is 0.577. The minimum atomic E-state index is 0.159. The van der Waals surface area contributed by atoms with Gasteiger partial charge in [0.25, 0.3) is 0 Å². The molecule has 0 aromatic rings. The lowest BCUT2D eigenvalue weighted by atomic mass is 10.4. The zero-order valence-corrected chi connectivity index (χ0v) is 6.99. The second kappa shape index (κ2) is 2.79. The minimum absolute atomic E-state index is 0.159. The van der Waals surface area contributed by atoms with E-state index in [-0.39, 0.29) is 11.4 Å². The summed E-state index contributed by atoms with van der Waals surface area (Å²) < 4.78 is 0. The van der Waals surface area contributed by atoms with Crippen LogP contribution in [0.15, 0.2) is 0 Å². The standard InChI is InChI=1S/C4H11NOSi/c1-3(7)4(6)5-2/h3H,1-2,7H3,(H,5,6). The highest BCUT2D eigenvalue weighted by Gasteiger charge is 2.00. The van der Waals surface area contributed by atoms with Gasteiger partial charge in [-0.05, 0) is 0 Å². The molecule has 0 radical (unpaired) electrons. The largest absolute Gasteiger partial charge is 0.359 e. The van der Waals surface area contributed by atoms with E-state index in [0.717, 1.165) is 10.2 Å². The van der Waals surface area contributed by atoms with E-state index >= 15 is 0 Å². The first kappa shape index (κ1) is 6.69. The van der Waals surface area contributed by atoms with Crippen molar-refractivity contribution < 1.29 is 4.79 Å². The summed E-state index contributed by atoms with van der Waals surface area (Å²) in [6.45, 7) is 1.92. The van der Waals surface area contributed by atoms with Gasteiger partial charge >= 0.3 is 0 Å². The Morgan fingerprint density at radius 3 is 2.29 bits per heavy atom. The van der Waals surface area contributed by atoms with E-state index < -0.39 is 0 Å². The molecule has 42 valence electrons. The topological polar surface area (TPSA) is 29.1 Å². The van der Waals surface area contributed by atoms with E-state index in [1.54, 1.807) is 7.05 Å². The van der Waals surface area contributed by atoms with E-state index in [4.69, 9.17) is 0 Å². The Labute approximate surface area is 46.7 Å². The van der Waals surface area contributed by atoms with E-state index in [2.05, 4.69) is 5.32 Å². The van der Waals surface area contributed by atoms with Crippen molar-refractivity contribution in [3.63, 3.8) is 0 Å². The van der Waals surface area contributed by atoms with E-state index in [0.29, 0.717) is 0 Å². The third kappa shape index (κ3) is 2.39. The number of nitrogens with one attached hydrogen (secondary N) is 1. The maximum absolute atomic E-state index is 10.4. The molecule has 7 heavy (non-hydrogen) atoms. The molecule has 0 aliphatic carbocycles. The van der Waals surface area contributed by atoms with Crippen molar-refractivity contribution in [3.05, 3.63) is 0 Å². The van der Waals surface area contributed by atoms with Gasteiger partial charge in [-0.1, -0.05) is 6.92 Å². The van der Waals surface area contributed by atoms with Gasteiger partial charge in [0.1, 0.15) is 0 Å². The molecule has 1 unspecified atom stereocenters. The average molecular weight is 117 g/mol. The summed E-state index contributed by atoms with van der Waals surface area (Å²) in [5, 5.41) is 2.56. The minimum Gasteiger partial charge on any atom is -0.359 e. The van der Waals surface area contributed by atoms with Crippen molar-refractivity contribution in [2.24, 2.45) is 0 Å². The summed E-state index contributed by atoms with van der Waals surface area (Å²) in [6, 6.07) is 0. The van der Waals surface area contributed by atoms with Crippen LogP contribution in [0.3, 0.4) is 0 Å². The molecule has 3 heteroatoms. The van der Waals surface area contributed by atoms with Gasteiger partial charge in [-0.2, -0.15) is 0 Å². The van der Waals surface area contributed by atoms with Crippen molar-refractivity contribution in [3.8, 4) is 0 Å². The predicted octanol–water partition coefficient (Wildman–Crippen LogP) is -1.09. The van der Waals surface area contributed by atoms with Crippen LogP contribution in [-0.2, 0) is 4.79 Å². The number of hydrogen-bond acceptors (Lipinski definition) is 1. The summed E-state index contributed by atoms with van der Waals surface area (Å²) in [6.07, 6.45) is 0. The van der Waals surface area contributed by atoms with Gasteiger partial charge in [-0.25, -0.2) is 0 Å². The molecule has 0 aliphatic rings. The Morgan fingerprint density at radius 2 is 2.29 bits per heavy atom. The molecule has 1 amide bonds. The Bertz CT molecular complexity index is 72.1. The van der Waals surface area contributed by atoms with E-state index in [1.807, 2.05) is 6.92 Å². The molecular formula is C4H11NOSi. The highest BCUT2D eigenvalue weighted by Crippen LogP contribution is 1.90. The third-order valence-electron chi connectivity index (χ3n) is 0.771. The smallest absolute Gasteiger partial charge is 0.218 e. The third-order valence-corrected chi connectivity index (χ3v) is 1.30. The molecule has 0 aromatic heterocycles. The molecule has 0 saturated heterocycles. The summed E-state index contributed by atoms with van der Waals surface area (Å²) >= 11 is 0. The van der Waals surface area contributed by atoms with Crippen molar-refractivity contribution in [1.82, 2.24) is 5.32 Å². The van der Waals surface area contributed by atoms with Crippen LogP contribution in [0.1, 0.15) is 6.92 Å². The summed E-state index contributed by atoms with van der Waals surface area (Å²) in [7, 11) is 2.61. The normalized spacial score (nSPS) is 13.4. The average Bonchev–Trinajstić information content (AvgIpc) is 1.65. The Balaban J connectivity index is 3.35. The Hall–Kier alpha value is -0.313. The van der Waals surface area contributed by atoms with Gasteiger partial charge in [0.05, 0.1) is 0 Å². The van der Waals surface area contributed by atoms with Crippen molar-refractivity contribution in [2.45, 2.75) is 12.5 Å². The molecule has 0 fully saturated rings. The van der Waals surface area contributed by atoms with Gasteiger partial charge in [-0.3, -0.25) is 4.79 Å². The maximum atomic E-state index is 10.4. The number of amides is 1. The molecule has 0 bridgehead atoms. The molecular weight excluding hydrogens is 106 g/mol. The molecule has 1 atom stereocenters. The highest BCUT2D eigenvalue weighted by molar-refractivity contribution is 6.23. The molecule has 0 heterocycles. The Kier molecular flexibility index (Phi) is 2.67. The van der Waals surface area contributed by atoms with Crippen molar-refractivity contribution >= 4 is 16.1 Å². The predicted molar refractivity (Wildman–Crippen MR) is 33.4 cm³/mol. The van der Waals surface area contributed by atoms with Gasteiger partial charge in [-0.15, -0.1) is 0 Å². The first-order valence-corrected chi connectivity index (χ1v) is 3.55. The van der Waals surface area contributed by atoms with Gasteiger partial charge in [0, 0.05) is 22.8 Å². The fourth-order valence-electron chi connectivity index (χ4n) is 0.289. The van der Waals surface area contributed by atoms with Crippen LogP contribution in [0.5, 0.6) is 0 Å². The fraction of sp³-hybridized carbons (Fsp3) is 0.750. The van der Waals surface area contributed by atoms with Crippen LogP contribution in [0, 0.1) is 0 Å². The van der Waals surface area contributed by atoms with E-state index in [1.165, 1.54) is 0 Å². The van der Waals surface area contributed by atoms with Crippen LogP contribution in [0.2, 0.25) is 5.54 Å². The summed E-state index contributed by atoms with van der Waals surface area (Å²) in [5.41, 5.74) is 0.255. The lowest BCUT2D eigenvalue weighted by Gasteiger charge is -1.98. The Morgan fingerprint density at radius 1 is 1.86 bits per heavy atom. The molecule has 0 rings (SSSR count). The zero-order valence-electron chi connectivity index (χ0n) is 4.99. The molecule has 0 aromatic carbocycles. The van der Waals surface area contributed by atoms with Crippen molar-refractivity contribution in [1.29, 1.82) is 0 Å². The quantitative estimate of drug-likeness (QED) is 0.434. The second-order valence-electron chi connectivity index (χ2n) is 1.77. The number of rotatable bonds is 1. The summed E-state index contributed by atoms with van der Waals surface area (Å²) in [4.78, 5) is 10.4. The molecule has 0 aliphatic heterocycles. The highest BCUT2D eigenvalue weighted by atomic mass is 28.1. The van der Waals surface area contributed by atoms with Crippen LogP contribution in [0.25, 0.3) is 0 Å². The number of carbonyl (C=O) groups is 1. The second-order valence-corrected chi connectivity index (χ2v) is 3.50. The lowest BCUT2D eigenvalue weighted by molar-refractivity contribution is -0.120. The first-order chi connectivity index (χ1) is 3.18. The van der Waals surface area contributed by atoms with E-state index in [9.17, 15) is 4.79 Å². The van der Waals surface area contributed by atoms with Gasteiger partial charge < -0.3 is 5.32 Å². The molecule has 0 spiro atoms. The number of carbonyl (C=O) groups excluding carboxylic acids is 1. The van der Waals surface area contributed by atoms with Crippen molar-refractivity contribution in [2.75, 3.05) is 7.05 Å². The SMILES string of the molecule is CNC(=O)C(C)[SiH3]. The van der Waals surface area contributed by atoms with Crippen LogP contribution in [0.4, 0.5) is 0 Å². The van der Waals surface area contributed by atoms with Crippen LogP contribution >= 0.6 is 0 Å². The van der Waals surface area contributed by atoms with Crippen LogP contribution < -0.4 is 5.32 Å². The first-order valence-electron chi connectivity index (χ1n) is 2.40. The maximum Gasteiger partial charge on any atom is 0.218 e. The number of hydrogen-bond donors (Lipinski definition) is 1. The zero-order chi connectivity index (χ0) is 5.86. The van der Waals surface area contributed by atoms with Crippen LogP contribution in [-0.4, -0.2) is 23.2 Å². The van der Waals surface area contributed by atoms with Gasteiger partial charge in [0.15, 0.2) is 0 Å². The molecule has 2 nitrogen and oxygen atoms in total. The summed E-state index contributed by atoms with van der Waals surface area (Å²) in [5.74, 6) is 0.159.